The molecule has 0 saturated heterocycles. The van der Waals surface area contributed by atoms with Crippen molar-refractivity contribution in [3.63, 3.8) is 0 Å². The molecule has 0 aliphatic heterocycles. The minimum atomic E-state index is -1.08. The van der Waals surface area contributed by atoms with Crippen LogP contribution < -0.4 is 0 Å². The van der Waals surface area contributed by atoms with Gasteiger partial charge in [-0.25, -0.2) is 9.59 Å². The lowest BCUT2D eigenvalue weighted by molar-refractivity contribution is 0.0677. The van der Waals surface area contributed by atoms with Crippen LogP contribution in [-0.4, -0.2) is 22.2 Å². The molecule has 0 heterocycles. The summed E-state index contributed by atoms with van der Waals surface area (Å²) in [5.74, 6) is -2.85. The predicted molar refractivity (Wildman–Crippen MR) is 132 cm³/mol. The number of carboxylic acid groups (broad SMARTS) is 2. The zero-order chi connectivity index (χ0) is 24.3. The Balaban J connectivity index is 3.79. The monoisotopic (exact) mass is 434 g/mol. The van der Waals surface area contributed by atoms with Crippen molar-refractivity contribution >= 4 is 11.9 Å². The van der Waals surface area contributed by atoms with Crippen LogP contribution in [-0.2, 0) is 0 Å². The Bertz CT molecular complexity index is 845. The lowest BCUT2D eigenvalue weighted by Gasteiger charge is -2.30. The fourth-order valence-corrected chi connectivity index (χ4v) is 4.09. The molecule has 0 aliphatic rings. The molecule has 4 nitrogen and oxygen atoms in total. The maximum absolute atomic E-state index is 12.2. The molecule has 0 aliphatic carbocycles. The van der Waals surface area contributed by atoms with Crippen molar-refractivity contribution in [3.05, 3.63) is 109 Å². The Morgan fingerprint density at radius 1 is 0.781 bits per heavy atom. The van der Waals surface area contributed by atoms with Gasteiger partial charge < -0.3 is 10.2 Å². The van der Waals surface area contributed by atoms with Gasteiger partial charge >= 0.3 is 11.9 Å². The van der Waals surface area contributed by atoms with E-state index < -0.39 is 11.9 Å². The second-order valence-electron chi connectivity index (χ2n) is 7.77. The predicted octanol–water partition coefficient (Wildman–Crippen LogP) is 7.16. The van der Waals surface area contributed by atoms with Crippen LogP contribution in [0, 0.1) is 11.8 Å². The molecule has 4 atom stereocenters. The summed E-state index contributed by atoms with van der Waals surface area (Å²) in [7, 11) is 0. The molecule has 0 spiro atoms. The van der Waals surface area contributed by atoms with Crippen LogP contribution >= 0.6 is 0 Å². The van der Waals surface area contributed by atoms with E-state index in [2.05, 4.69) is 26.3 Å². The van der Waals surface area contributed by atoms with Gasteiger partial charge in [-0.2, -0.15) is 0 Å². The minimum absolute atomic E-state index is 0.0814. The highest BCUT2D eigenvalue weighted by molar-refractivity contribution is 5.95. The van der Waals surface area contributed by atoms with Crippen LogP contribution in [0.3, 0.4) is 0 Å². The zero-order valence-electron chi connectivity index (χ0n) is 19.0. The largest absolute Gasteiger partial charge is 0.478 e. The number of carboxylic acids is 2. The van der Waals surface area contributed by atoms with Gasteiger partial charge in [-0.1, -0.05) is 75.6 Å². The molecule has 0 radical (unpaired) electrons. The number of carbonyl (C=O) groups is 2. The van der Waals surface area contributed by atoms with E-state index in [1.807, 2.05) is 38.2 Å². The van der Waals surface area contributed by atoms with Gasteiger partial charge in [0.15, 0.2) is 0 Å². The molecule has 1 rings (SSSR count). The highest BCUT2D eigenvalue weighted by Crippen LogP contribution is 2.41. The number of rotatable bonds is 14. The first-order valence-electron chi connectivity index (χ1n) is 10.7. The molecule has 1 aromatic rings. The van der Waals surface area contributed by atoms with E-state index in [4.69, 9.17) is 0 Å². The number of hydrogen-bond acceptors (Lipinski definition) is 2. The quantitative estimate of drug-likeness (QED) is 0.241. The van der Waals surface area contributed by atoms with Gasteiger partial charge in [0.05, 0.1) is 11.1 Å². The molecule has 1 aromatic carbocycles. The smallest absolute Gasteiger partial charge is 0.335 e. The summed E-state index contributed by atoms with van der Waals surface area (Å²) in [6, 6.07) is 2.79. The van der Waals surface area contributed by atoms with Gasteiger partial charge in [0.25, 0.3) is 0 Å². The minimum Gasteiger partial charge on any atom is -0.478 e. The summed E-state index contributed by atoms with van der Waals surface area (Å²) in [4.78, 5) is 24.3. The van der Waals surface area contributed by atoms with Crippen LogP contribution in [0.1, 0.15) is 70.4 Å². The number of benzene rings is 1. The first-order chi connectivity index (χ1) is 15.2. The van der Waals surface area contributed by atoms with Gasteiger partial charge in [-0.3, -0.25) is 0 Å². The molecule has 0 amide bonds. The molecule has 2 N–H and O–H groups in total. The van der Waals surface area contributed by atoms with Gasteiger partial charge in [-0.05, 0) is 59.8 Å². The average Bonchev–Trinajstić information content (AvgIpc) is 2.77. The Morgan fingerprint density at radius 3 is 1.38 bits per heavy atom. The third-order valence-corrected chi connectivity index (χ3v) is 5.91. The van der Waals surface area contributed by atoms with Crippen LogP contribution in [0.2, 0.25) is 0 Å². The van der Waals surface area contributed by atoms with Gasteiger partial charge in [-0.15, -0.1) is 13.2 Å². The van der Waals surface area contributed by atoms with E-state index in [1.54, 1.807) is 24.3 Å². The van der Waals surface area contributed by atoms with Gasteiger partial charge in [0, 0.05) is 0 Å². The van der Waals surface area contributed by atoms with Gasteiger partial charge in [0.2, 0.25) is 0 Å². The van der Waals surface area contributed by atoms with Crippen molar-refractivity contribution in [3.8, 4) is 0 Å². The highest BCUT2D eigenvalue weighted by atomic mass is 16.4. The SMILES string of the molecule is C=C/C=C/CC(C=C)C(C)c1c(C(=O)O)ccc(C(=O)O)c1C(C)C(C=C)C/C=C/C=C. The molecule has 0 saturated carbocycles. The van der Waals surface area contributed by atoms with Crippen LogP contribution in [0.4, 0.5) is 0 Å². The Morgan fingerprint density at radius 2 is 1.12 bits per heavy atom. The molecule has 32 heavy (non-hydrogen) atoms. The van der Waals surface area contributed by atoms with Crippen LogP contribution in [0.25, 0.3) is 0 Å². The van der Waals surface area contributed by atoms with Gasteiger partial charge in [0.1, 0.15) is 0 Å². The molecule has 4 heteroatoms. The first-order valence-corrected chi connectivity index (χ1v) is 10.7. The van der Waals surface area contributed by atoms with Crippen molar-refractivity contribution in [2.24, 2.45) is 11.8 Å². The zero-order valence-corrected chi connectivity index (χ0v) is 19.0. The van der Waals surface area contributed by atoms with Crippen molar-refractivity contribution in [2.75, 3.05) is 0 Å². The second kappa shape index (κ2) is 13.1. The maximum atomic E-state index is 12.2. The Kier molecular flexibility index (Phi) is 10.9. The molecule has 0 bridgehead atoms. The van der Waals surface area contributed by atoms with E-state index in [1.165, 1.54) is 12.1 Å². The van der Waals surface area contributed by atoms with E-state index >= 15 is 0 Å². The standard InChI is InChI=1S/C28H34O4/c1-7-11-13-15-21(9-3)19(5)25-23(27(29)30)17-18-24(28(31)32)26(25)20(6)22(10-4)16-14-12-8-2/h7-14,17-22H,1-4,15-16H2,5-6H3,(H,29,30)(H,31,32)/b13-11+,14-12+. The molecular weight excluding hydrogens is 400 g/mol. The highest BCUT2D eigenvalue weighted by Gasteiger charge is 2.31. The van der Waals surface area contributed by atoms with Crippen LogP contribution in [0.5, 0.6) is 0 Å². The maximum Gasteiger partial charge on any atom is 0.335 e. The van der Waals surface area contributed by atoms with Crippen LogP contribution in [0.15, 0.2) is 87.1 Å². The summed E-state index contributed by atoms with van der Waals surface area (Å²) in [6.07, 6.45) is 15.8. The fourth-order valence-electron chi connectivity index (χ4n) is 4.09. The van der Waals surface area contributed by atoms with Crippen molar-refractivity contribution in [2.45, 2.75) is 38.5 Å². The Labute approximate surface area is 191 Å². The van der Waals surface area contributed by atoms with E-state index in [0.29, 0.717) is 24.0 Å². The lowest BCUT2D eigenvalue weighted by atomic mass is 9.73. The molecule has 4 unspecified atom stereocenters. The summed E-state index contributed by atoms with van der Waals surface area (Å²) in [5.41, 5.74) is 1.32. The number of hydrogen-bond donors (Lipinski definition) is 2. The van der Waals surface area contributed by atoms with Crippen molar-refractivity contribution < 1.29 is 19.8 Å². The second-order valence-corrected chi connectivity index (χ2v) is 7.77. The molecule has 170 valence electrons. The fraction of sp³-hybridized carbons (Fsp3) is 0.286. The summed E-state index contributed by atoms with van der Waals surface area (Å²) in [6.45, 7) is 19.1. The van der Waals surface area contributed by atoms with E-state index in [-0.39, 0.29) is 34.8 Å². The number of aromatic carboxylic acids is 2. The molecular formula is C28H34O4. The van der Waals surface area contributed by atoms with Crippen molar-refractivity contribution in [1.82, 2.24) is 0 Å². The average molecular weight is 435 g/mol. The molecule has 0 fully saturated rings. The number of allylic oxidation sites excluding steroid dienone is 8. The summed E-state index contributed by atoms with van der Waals surface area (Å²) in [5, 5.41) is 19.9. The summed E-state index contributed by atoms with van der Waals surface area (Å²) < 4.78 is 0. The van der Waals surface area contributed by atoms with Crippen molar-refractivity contribution in [1.29, 1.82) is 0 Å². The van der Waals surface area contributed by atoms with E-state index in [9.17, 15) is 19.8 Å². The third-order valence-electron chi connectivity index (χ3n) is 5.91. The summed E-state index contributed by atoms with van der Waals surface area (Å²) >= 11 is 0. The topological polar surface area (TPSA) is 74.6 Å². The Hall–Kier alpha value is -3.40. The van der Waals surface area contributed by atoms with E-state index in [0.717, 1.165) is 0 Å². The molecule has 0 aromatic heterocycles. The third kappa shape index (κ3) is 6.55. The lowest BCUT2D eigenvalue weighted by Crippen LogP contribution is -2.21. The normalized spacial score (nSPS) is 15.1. The first kappa shape index (κ1) is 26.6.